The minimum Gasteiger partial charge on any atom is -0.399 e. The molecule has 0 fully saturated rings. The van der Waals surface area contributed by atoms with Crippen LogP contribution >= 0.6 is 0 Å². The normalized spacial score (nSPS) is 12.9. The molecular weight excluding hydrogens is 226 g/mol. The van der Waals surface area contributed by atoms with Crippen molar-refractivity contribution in [2.24, 2.45) is 5.92 Å². The highest BCUT2D eigenvalue weighted by atomic mass is 15.5. The van der Waals surface area contributed by atoms with Gasteiger partial charge in [0.25, 0.3) is 0 Å². The summed E-state index contributed by atoms with van der Waals surface area (Å²) in [6.07, 6.45) is 0. The highest BCUT2D eigenvalue weighted by Crippen LogP contribution is 2.26. The van der Waals surface area contributed by atoms with Gasteiger partial charge >= 0.3 is 0 Å². The Bertz CT molecular complexity index is 544. The molecule has 1 aromatic heterocycles. The second kappa shape index (κ2) is 4.76. The number of aromatic nitrogens is 4. The maximum Gasteiger partial charge on any atom is 0.182 e. The van der Waals surface area contributed by atoms with Gasteiger partial charge in [0.15, 0.2) is 5.82 Å². The fourth-order valence-electron chi connectivity index (χ4n) is 1.87. The minimum absolute atomic E-state index is 0.256. The summed E-state index contributed by atoms with van der Waals surface area (Å²) in [6, 6.07) is 6.04. The third-order valence-electron chi connectivity index (χ3n) is 3.33. The summed E-state index contributed by atoms with van der Waals surface area (Å²) in [7, 11) is 0. The number of hydrogen-bond acceptors (Lipinski definition) is 4. The summed E-state index contributed by atoms with van der Waals surface area (Å²) in [5.74, 6) is 1.27. The van der Waals surface area contributed by atoms with Crippen LogP contribution in [0.2, 0.25) is 0 Å². The molecule has 0 bridgehead atoms. The van der Waals surface area contributed by atoms with Gasteiger partial charge in [-0.05, 0) is 54.0 Å². The molecule has 1 heterocycles. The predicted octanol–water partition coefficient (Wildman–Crippen LogP) is 2.45. The Kier molecular flexibility index (Phi) is 3.32. The van der Waals surface area contributed by atoms with E-state index in [0.29, 0.717) is 5.92 Å². The van der Waals surface area contributed by atoms with Crippen LogP contribution in [0, 0.1) is 12.8 Å². The summed E-state index contributed by atoms with van der Waals surface area (Å²) in [6.45, 7) is 8.46. The summed E-state index contributed by atoms with van der Waals surface area (Å²) in [5.41, 5.74) is 8.64. The second-order valence-electron chi connectivity index (χ2n) is 5.01. The predicted molar refractivity (Wildman–Crippen MR) is 72.0 cm³/mol. The molecule has 5 heteroatoms. The molecule has 2 aromatic rings. The van der Waals surface area contributed by atoms with E-state index in [0.717, 1.165) is 22.6 Å². The molecule has 0 spiro atoms. The molecule has 0 saturated heterocycles. The van der Waals surface area contributed by atoms with Gasteiger partial charge in [-0.3, -0.25) is 0 Å². The molecule has 1 aromatic carbocycles. The van der Waals surface area contributed by atoms with E-state index < -0.39 is 0 Å². The number of nitrogens with zero attached hydrogens (tertiary/aromatic N) is 4. The number of rotatable bonds is 3. The standard InChI is InChI=1S/C13H19N5/c1-8(2)10(4)18-13(15-16-17-18)12-6-5-11(14)7-9(12)3/h5-8,10H,14H2,1-4H3. The number of tetrazole rings is 1. The van der Waals surface area contributed by atoms with Gasteiger partial charge in [0.1, 0.15) is 0 Å². The van der Waals surface area contributed by atoms with Gasteiger partial charge in [-0.1, -0.05) is 13.8 Å². The fourth-order valence-corrected chi connectivity index (χ4v) is 1.87. The van der Waals surface area contributed by atoms with Crippen LogP contribution in [-0.2, 0) is 0 Å². The van der Waals surface area contributed by atoms with Crippen LogP contribution in [0.4, 0.5) is 5.69 Å². The lowest BCUT2D eigenvalue weighted by Gasteiger charge is -2.17. The van der Waals surface area contributed by atoms with E-state index in [1.807, 2.05) is 29.8 Å². The molecular formula is C13H19N5. The van der Waals surface area contributed by atoms with E-state index >= 15 is 0 Å². The number of anilines is 1. The quantitative estimate of drug-likeness (QED) is 0.843. The zero-order chi connectivity index (χ0) is 13.3. The highest BCUT2D eigenvalue weighted by Gasteiger charge is 2.18. The van der Waals surface area contributed by atoms with Crippen molar-refractivity contribution in [1.29, 1.82) is 0 Å². The average Bonchev–Trinajstić information content (AvgIpc) is 2.76. The SMILES string of the molecule is Cc1cc(N)ccc1-c1nnnn1C(C)C(C)C. The van der Waals surface area contributed by atoms with Gasteiger partial charge in [0.2, 0.25) is 0 Å². The molecule has 0 amide bonds. The molecule has 5 nitrogen and oxygen atoms in total. The second-order valence-corrected chi connectivity index (χ2v) is 5.01. The van der Waals surface area contributed by atoms with E-state index in [1.165, 1.54) is 0 Å². The molecule has 1 unspecified atom stereocenters. The van der Waals surface area contributed by atoms with Gasteiger partial charge in [-0.2, -0.15) is 0 Å². The lowest BCUT2D eigenvalue weighted by molar-refractivity contribution is 0.371. The van der Waals surface area contributed by atoms with E-state index in [9.17, 15) is 0 Å². The Balaban J connectivity index is 2.49. The number of hydrogen-bond donors (Lipinski definition) is 1. The van der Waals surface area contributed by atoms with Crippen LogP contribution in [-0.4, -0.2) is 20.2 Å². The molecule has 18 heavy (non-hydrogen) atoms. The van der Waals surface area contributed by atoms with Gasteiger partial charge < -0.3 is 5.73 Å². The Morgan fingerprint density at radius 3 is 2.56 bits per heavy atom. The largest absolute Gasteiger partial charge is 0.399 e. The molecule has 2 rings (SSSR count). The Morgan fingerprint density at radius 2 is 1.94 bits per heavy atom. The van der Waals surface area contributed by atoms with Crippen LogP contribution in [0.15, 0.2) is 18.2 Å². The fraction of sp³-hybridized carbons (Fsp3) is 0.462. The number of aryl methyl sites for hydroxylation is 1. The third-order valence-corrected chi connectivity index (χ3v) is 3.33. The smallest absolute Gasteiger partial charge is 0.182 e. The maximum absolute atomic E-state index is 5.77. The van der Waals surface area contributed by atoms with Gasteiger partial charge in [0.05, 0.1) is 6.04 Å². The molecule has 2 N–H and O–H groups in total. The van der Waals surface area contributed by atoms with Crippen LogP contribution in [0.3, 0.4) is 0 Å². The lowest BCUT2D eigenvalue weighted by Crippen LogP contribution is -2.14. The van der Waals surface area contributed by atoms with Crippen LogP contribution in [0.5, 0.6) is 0 Å². The molecule has 96 valence electrons. The van der Waals surface area contributed by atoms with Crippen molar-refractivity contribution < 1.29 is 0 Å². The Labute approximate surface area is 107 Å². The van der Waals surface area contributed by atoms with E-state index in [2.05, 4.69) is 36.3 Å². The Hall–Kier alpha value is -1.91. The first kappa shape index (κ1) is 12.5. The van der Waals surface area contributed by atoms with Crippen LogP contribution in [0.1, 0.15) is 32.4 Å². The summed E-state index contributed by atoms with van der Waals surface area (Å²) in [4.78, 5) is 0. The van der Waals surface area contributed by atoms with Crippen molar-refractivity contribution in [2.75, 3.05) is 5.73 Å². The maximum atomic E-state index is 5.77. The Morgan fingerprint density at radius 1 is 1.22 bits per heavy atom. The molecule has 0 aliphatic rings. The van der Waals surface area contributed by atoms with Gasteiger partial charge in [0, 0.05) is 11.3 Å². The molecule has 0 saturated carbocycles. The third kappa shape index (κ3) is 2.20. The van der Waals surface area contributed by atoms with Gasteiger partial charge in [-0.15, -0.1) is 5.10 Å². The first-order valence-electron chi connectivity index (χ1n) is 6.15. The van der Waals surface area contributed by atoms with Crippen LogP contribution in [0.25, 0.3) is 11.4 Å². The monoisotopic (exact) mass is 245 g/mol. The van der Waals surface area contributed by atoms with E-state index in [-0.39, 0.29) is 6.04 Å². The van der Waals surface area contributed by atoms with Crippen molar-refractivity contribution in [2.45, 2.75) is 33.7 Å². The molecule has 0 aliphatic carbocycles. The van der Waals surface area contributed by atoms with Crippen molar-refractivity contribution in [3.8, 4) is 11.4 Å². The van der Waals surface area contributed by atoms with Gasteiger partial charge in [-0.25, -0.2) is 4.68 Å². The van der Waals surface area contributed by atoms with Crippen molar-refractivity contribution >= 4 is 5.69 Å². The topological polar surface area (TPSA) is 69.6 Å². The summed E-state index contributed by atoms with van der Waals surface area (Å²) < 4.78 is 1.88. The highest BCUT2D eigenvalue weighted by molar-refractivity contribution is 5.63. The molecule has 1 atom stereocenters. The number of nitrogens with two attached hydrogens (primary N) is 1. The van der Waals surface area contributed by atoms with Crippen molar-refractivity contribution in [1.82, 2.24) is 20.2 Å². The van der Waals surface area contributed by atoms with Crippen LogP contribution < -0.4 is 5.73 Å². The molecule has 0 aliphatic heterocycles. The van der Waals surface area contributed by atoms with Crippen molar-refractivity contribution in [3.63, 3.8) is 0 Å². The zero-order valence-corrected chi connectivity index (χ0v) is 11.3. The van der Waals surface area contributed by atoms with E-state index in [1.54, 1.807) is 0 Å². The average molecular weight is 245 g/mol. The van der Waals surface area contributed by atoms with E-state index in [4.69, 9.17) is 5.73 Å². The number of nitrogen functional groups attached to an aromatic ring is 1. The lowest BCUT2D eigenvalue weighted by atomic mass is 10.0. The molecule has 0 radical (unpaired) electrons. The minimum atomic E-state index is 0.256. The first-order chi connectivity index (χ1) is 8.50. The zero-order valence-electron chi connectivity index (χ0n) is 11.3. The summed E-state index contributed by atoms with van der Waals surface area (Å²) >= 11 is 0. The number of benzene rings is 1. The van der Waals surface area contributed by atoms with Crippen molar-refractivity contribution in [3.05, 3.63) is 23.8 Å². The summed E-state index contributed by atoms with van der Waals surface area (Å²) in [5, 5.41) is 12.0. The first-order valence-corrected chi connectivity index (χ1v) is 6.15.